The molecule has 0 bridgehead atoms. The lowest BCUT2D eigenvalue weighted by molar-refractivity contribution is 0.329. The average molecular weight is 234 g/mol. The van der Waals surface area contributed by atoms with Gasteiger partial charge >= 0.3 is 0 Å². The zero-order chi connectivity index (χ0) is 12.9. The van der Waals surface area contributed by atoms with Crippen LogP contribution in [0.25, 0.3) is 0 Å². The highest BCUT2D eigenvalue weighted by atomic mass is 19.1. The number of hydrazine groups is 1. The highest BCUT2D eigenvalue weighted by molar-refractivity contribution is 5.26. The van der Waals surface area contributed by atoms with Crippen molar-refractivity contribution in [2.24, 2.45) is 5.84 Å². The Balaban J connectivity index is 2.91. The fraction of sp³-hybridized carbons (Fsp3) is 0.429. The van der Waals surface area contributed by atoms with E-state index in [0.29, 0.717) is 6.42 Å². The van der Waals surface area contributed by atoms with E-state index in [9.17, 15) is 4.39 Å². The molecule has 3 N–H and O–H groups in total. The molecule has 0 heterocycles. The highest BCUT2D eigenvalue weighted by Gasteiger charge is 2.30. The molecule has 0 radical (unpaired) electrons. The monoisotopic (exact) mass is 234 g/mol. The number of rotatable bonds is 5. The van der Waals surface area contributed by atoms with E-state index in [1.807, 2.05) is 0 Å². The van der Waals surface area contributed by atoms with E-state index in [0.717, 1.165) is 12.0 Å². The smallest absolute Gasteiger partial charge is 0.123 e. The fourth-order valence-corrected chi connectivity index (χ4v) is 1.96. The van der Waals surface area contributed by atoms with Crippen LogP contribution < -0.4 is 11.3 Å². The molecule has 0 spiro atoms. The number of benzene rings is 1. The molecular weight excluding hydrogens is 215 g/mol. The molecule has 92 valence electrons. The summed E-state index contributed by atoms with van der Waals surface area (Å²) in [7, 11) is 0. The van der Waals surface area contributed by atoms with Gasteiger partial charge in [0.2, 0.25) is 0 Å². The van der Waals surface area contributed by atoms with Crippen LogP contribution in [-0.4, -0.2) is 6.04 Å². The van der Waals surface area contributed by atoms with E-state index in [1.54, 1.807) is 12.1 Å². The maximum absolute atomic E-state index is 12.9. The molecule has 0 aliphatic carbocycles. The van der Waals surface area contributed by atoms with Crippen molar-refractivity contribution in [3.05, 3.63) is 35.6 Å². The number of halogens is 1. The summed E-state index contributed by atoms with van der Waals surface area (Å²) in [5, 5.41) is 0. The molecule has 1 aromatic rings. The number of nitrogens with one attached hydrogen (secondary N) is 1. The van der Waals surface area contributed by atoms with E-state index in [1.165, 1.54) is 12.1 Å². The predicted octanol–water partition coefficient (Wildman–Crippen LogP) is 2.35. The molecular formula is C14H19FN2. The summed E-state index contributed by atoms with van der Waals surface area (Å²) in [5.74, 6) is 7.95. The van der Waals surface area contributed by atoms with Crippen LogP contribution in [0.3, 0.4) is 0 Å². The highest BCUT2D eigenvalue weighted by Crippen LogP contribution is 2.29. The van der Waals surface area contributed by atoms with Gasteiger partial charge in [-0.1, -0.05) is 26.0 Å². The van der Waals surface area contributed by atoms with Gasteiger partial charge < -0.3 is 0 Å². The van der Waals surface area contributed by atoms with Crippen LogP contribution >= 0.6 is 0 Å². The molecule has 1 aromatic carbocycles. The second kappa shape index (κ2) is 5.81. The first-order chi connectivity index (χ1) is 8.02. The average Bonchev–Trinajstić information content (AvgIpc) is 2.30. The number of hydrogen-bond acceptors (Lipinski definition) is 2. The molecule has 17 heavy (non-hydrogen) atoms. The van der Waals surface area contributed by atoms with Crippen LogP contribution in [0.4, 0.5) is 4.39 Å². The lowest BCUT2D eigenvalue weighted by Gasteiger charge is -2.34. The summed E-state index contributed by atoms with van der Waals surface area (Å²) in [6.45, 7) is 4.14. The Hall–Kier alpha value is -1.37. The molecule has 3 heteroatoms. The molecule has 0 aliphatic rings. The van der Waals surface area contributed by atoms with Crippen LogP contribution in [0.2, 0.25) is 0 Å². The van der Waals surface area contributed by atoms with Gasteiger partial charge in [-0.2, -0.15) is 0 Å². The van der Waals surface area contributed by atoms with Crippen LogP contribution in [0, 0.1) is 18.2 Å². The van der Waals surface area contributed by atoms with Crippen LogP contribution in [0.15, 0.2) is 24.3 Å². The maximum Gasteiger partial charge on any atom is 0.123 e. The molecule has 0 aromatic heterocycles. The molecule has 0 saturated heterocycles. The summed E-state index contributed by atoms with van der Waals surface area (Å²) < 4.78 is 12.9. The van der Waals surface area contributed by atoms with Crippen molar-refractivity contribution in [3.8, 4) is 12.3 Å². The third kappa shape index (κ3) is 3.29. The predicted molar refractivity (Wildman–Crippen MR) is 68.6 cm³/mol. The summed E-state index contributed by atoms with van der Waals surface area (Å²) in [5.41, 5.74) is 3.65. The molecule has 0 fully saturated rings. The zero-order valence-corrected chi connectivity index (χ0v) is 10.3. The summed E-state index contributed by atoms with van der Waals surface area (Å²) in [6.07, 6.45) is 6.72. The minimum atomic E-state index is -0.231. The normalized spacial score (nSPS) is 13.1. The van der Waals surface area contributed by atoms with Gasteiger partial charge in [0, 0.05) is 17.9 Å². The van der Waals surface area contributed by atoms with Crippen LogP contribution in [0.1, 0.15) is 32.3 Å². The van der Waals surface area contributed by atoms with Gasteiger partial charge in [0.1, 0.15) is 5.82 Å². The Morgan fingerprint density at radius 1 is 1.41 bits per heavy atom. The number of terminal acetylenes is 1. The molecule has 1 unspecified atom stereocenters. The van der Waals surface area contributed by atoms with Gasteiger partial charge in [-0.05, 0) is 24.1 Å². The first-order valence-electron chi connectivity index (χ1n) is 5.68. The fourth-order valence-electron chi connectivity index (χ4n) is 1.96. The number of nitrogens with two attached hydrogens (primary N) is 1. The van der Waals surface area contributed by atoms with Crippen molar-refractivity contribution in [3.63, 3.8) is 0 Å². The van der Waals surface area contributed by atoms with Gasteiger partial charge in [0.15, 0.2) is 0 Å². The van der Waals surface area contributed by atoms with Gasteiger partial charge in [-0.15, -0.1) is 12.3 Å². The molecule has 0 aliphatic heterocycles. The van der Waals surface area contributed by atoms with Crippen molar-refractivity contribution in [1.82, 2.24) is 5.43 Å². The largest absolute Gasteiger partial charge is 0.271 e. The lowest BCUT2D eigenvalue weighted by Crippen LogP contribution is -2.48. The van der Waals surface area contributed by atoms with Crippen molar-refractivity contribution >= 4 is 0 Å². The Bertz CT molecular complexity index is 390. The van der Waals surface area contributed by atoms with Gasteiger partial charge in [-0.3, -0.25) is 11.3 Å². The van der Waals surface area contributed by atoms with E-state index in [-0.39, 0.29) is 17.3 Å². The molecule has 2 nitrogen and oxygen atoms in total. The van der Waals surface area contributed by atoms with Crippen LogP contribution in [-0.2, 0) is 5.41 Å². The molecule has 0 amide bonds. The topological polar surface area (TPSA) is 38.0 Å². The second-order valence-electron chi connectivity index (χ2n) is 4.69. The Kier molecular flexibility index (Phi) is 4.68. The minimum absolute atomic E-state index is 0.0593. The van der Waals surface area contributed by atoms with Crippen molar-refractivity contribution in [1.29, 1.82) is 0 Å². The first-order valence-corrected chi connectivity index (χ1v) is 5.68. The van der Waals surface area contributed by atoms with Crippen LogP contribution in [0.5, 0.6) is 0 Å². The summed E-state index contributed by atoms with van der Waals surface area (Å²) in [4.78, 5) is 0. The molecule has 0 saturated carbocycles. The first kappa shape index (κ1) is 13.7. The third-order valence-corrected chi connectivity index (χ3v) is 3.24. The Morgan fingerprint density at radius 2 is 2.00 bits per heavy atom. The SMILES string of the molecule is C#CCCC(NN)C(C)(C)c1ccc(F)cc1. The lowest BCUT2D eigenvalue weighted by atomic mass is 9.76. The molecule has 1 rings (SSSR count). The molecule has 1 atom stereocenters. The van der Waals surface area contributed by atoms with Crippen molar-refractivity contribution in [2.75, 3.05) is 0 Å². The van der Waals surface area contributed by atoms with E-state index in [2.05, 4.69) is 25.2 Å². The minimum Gasteiger partial charge on any atom is -0.271 e. The Labute approximate surface area is 102 Å². The van der Waals surface area contributed by atoms with Gasteiger partial charge in [-0.25, -0.2) is 4.39 Å². The Morgan fingerprint density at radius 3 is 2.47 bits per heavy atom. The standard InChI is InChI=1S/C14H19FN2/c1-4-5-6-13(17-16)14(2,3)11-7-9-12(15)10-8-11/h1,7-10,13,17H,5-6,16H2,2-3H3. The number of hydrogen-bond donors (Lipinski definition) is 2. The van der Waals surface area contributed by atoms with Crippen molar-refractivity contribution in [2.45, 2.75) is 38.1 Å². The van der Waals surface area contributed by atoms with Gasteiger partial charge in [0.25, 0.3) is 0 Å². The van der Waals surface area contributed by atoms with Gasteiger partial charge in [0.05, 0.1) is 0 Å². The quantitative estimate of drug-likeness (QED) is 0.466. The zero-order valence-electron chi connectivity index (χ0n) is 10.3. The summed E-state index contributed by atoms with van der Waals surface area (Å²) in [6, 6.07) is 6.56. The van der Waals surface area contributed by atoms with E-state index >= 15 is 0 Å². The van der Waals surface area contributed by atoms with E-state index < -0.39 is 0 Å². The van der Waals surface area contributed by atoms with E-state index in [4.69, 9.17) is 12.3 Å². The van der Waals surface area contributed by atoms with Crippen molar-refractivity contribution < 1.29 is 4.39 Å². The third-order valence-electron chi connectivity index (χ3n) is 3.24. The summed E-state index contributed by atoms with van der Waals surface area (Å²) >= 11 is 0. The maximum atomic E-state index is 12.9. The second-order valence-corrected chi connectivity index (χ2v) is 4.69.